The van der Waals surface area contributed by atoms with E-state index < -0.39 is 10.0 Å². The Hall–Kier alpha value is -2.82. The van der Waals surface area contributed by atoms with Crippen molar-refractivity contribution in [1.29, 1.82) is 0 Å². The summed E-state index contributed by atoms with van der Waals surface area (Å²) in [7, 11) is -3.91. The summed E-state index contributed by atoms with van der Waals surface area (Å²) in [4.78, 5) is 15.0. The number of fused-ring (bicyclic) bond motifs is 1. The molecule has 0 spiro atoms. The number of sulfonamides is 1. The van der Waals surface area contributed by atoms with E-state index >= 15 is 0 Å². The lowest BCUT2D eigenvalue weighted by molar-refractivity contribution is 0.589. The quantitative estimate of drug-likeness (QED) is 0.596. The van der Waals surface area contributed by atoms with Crippen LogP contribution >= 0.6 is 0 Å². The van der Waals surface area contributed by atoms with Crippen molar-refractivity contribution in [1.82, 2.24) is 20.3 Å². The van der Waals surface area contributed by atoms with Gasteiger partial charge in [0, 0.05) is 49.1 Å². The highest BCUT2D eigenvalue weighted by molar-refractivity contribution is 7.89. The lowest BCUT2D eigenvalue weighted by Gasteiger charge is -2.29. The van der Waals surface area contributed by atoms with Gasteiger partial charge in [0.05, 0.1) is 0 Å². The van der Waals surface area contributed by atoms with Gasteiger partial charge in [0.2, 0.25) is 5.95 Å². The number of aromatic nitrogens is 3. The van der Waals surface area contributed by atoms with Crippen molar-refractivity contribution >= 4 is 38.4 Å². The molecule has 1 aliphatic heterocycles. The van der Waals surface area contributed by atoms with Crippen LogP contribution in [0, 0.1) is 6.92 Å². The van der Waals surface area contributed by atoms with E-state index in [1.54, 1.807) is 13.1 Å². The molecule has 28 heavy (non-hydrogen) atoms. The van der Waals surface area contributed by atoms with E-state index in [0.717, 1.165) is 31.9 Å². The Balaban J connectivity index is 1.59. The van der Waals surface area contributed by atoms with Gasteiger partial charge < -0.3 is 15.5 Å². The number of pyridine rings is 1. The molecule has 3 heterocycles. The second-order valence-electron chi connectivity index (χ2n) is 6.66. The molecule has 4 rings (SSSR count). The maximum absolute atomic E-state index is 11.6. The average Bonchev–Trinajstić information content (AvgIpc) is 2.68. The number of primary sulfonamides is 1. The summed E-state index contributed by atoms with van der Waals surface area (Å²) in [6.45, 7) is 5.70. The topological polar surface area (TPSA) is 126 Å². The zero-order valence-corrected chi connectivity index (χ0v) is 16.2. The molecule has 0 unspecified atom stereocenters. The molecule has 1 aromatic carbocycles. The highest BCUT2D eigenvalue weighted by Gasteiger charge is 2.14. The van der Waals surface area contributed by atoms with Gasteiger partial charge in [0.1, 0.15) is 0 Å². The third-order valence-corrected chi connectivity index (χ3v) is 5.44. The third kappa shape index (κ3) is 3.88. The number of hydrogen-bond acceptors (Lipinski definition) is 8. The van der Waals surface area contributed by atoms with Crippen LogP contribution in [-0.4, -0.2) is 49.5 Å². The van der Waals surface area contributed by atoms with Gasteiger partial charge in [-0.25, -0.2) is 23.5 Å². The number of piperazine rings is 1. The minimum Gasteiger partial charge on any atom is -0.369 e. The van der Waals surface area contributed by atoms with Gasteiger partial charge in [-0.15, -0.1) is 0 Å². The van der Waals surface area contributed by atoms with Gasteiger partial charge in [-0.3, -0.25) is 0 Å². The van der Waals surface area contributed by atoms with Crippen molar-refractivity contribution in [3.05, 3.63) is 42.1 Å². The number of benzene rings is 1. The van der Waals surface area contributed by atoms with E-state index in [1.807, 2.05) is 12.1 Å². The van der Waals surface area contributed by atoms with Crippen LogP contribution in [-0.2, 0) is 10.0 Å². The van der Waals surface area contributed by atoms with Crippen molar-refractivity contribution in [2.75, 3.05) is 36.4 Å². The van der Waals surface area contributed by atoms with Gasteiger partial charge in [0.15, 0.2) is 10.7 Å². The standard InChI is InChI=1S/C18H21N7O2S/c1-12-10-16(28(19,26)27)23-17-15(12)11-21-18(24-17)22-13-2-4-14(5-3-13)25-8-6-20-7-9-25/h2-5,10-11,20H,6-9H2,1H3,(H2,19,26,27)(H,21,22,23,24). The average molecular weight is 399 g/mol. The Labute approximate surface area is 163 Å². The van der Waals surface area contributed by atoms with Gasteiger partial charge in [-0.2, -0.15) is 4.98 Å². The van der Waals surface area contributed by atoms with E-state index in [9.17, 15) is 8.42 Å². The molecule has 0 amide bonds. The number of rotatable bonds is 4. The Bertz CT molecular complexity index is 1110. The summed E-state index contributed by atoms with van der Waals surface area (Å²) in [5.41, 5.74) is 2.97. The molecule has 2 aromatic heterocycles. The van der Waals surface area contributed by atoms with E-state index in [2.05, 4.69) is 42.6 Å². The molecule has 0 aliphatic carbocycles. The number of nitrogens with zero attached hydrogens (tertiary/aromatic N) is 4. The first-order chi connectivity index (χ1) is 13.4. The second-order valence-corrected chi connectivity index (χ2v) is 8.17. The van der Waals surface area contributed by atoms with E-state index in [1.165, 1.54) is 11.8 Å². The number of nitrogens with two attached hydrogens (primary N) is 1. The smallest absolute Gasteiger partial charge is 0.255 e. The zero-order chi connectivity index (χ0) is 19.7. The molecule has 4 N–H and O–H groups in total. The number of hydrogen-bond donors (Lipinski definition) is 3. The SMILES string of the molecule is Cc1cc(S(N)(=O)=O)nc2nc(Nc3ccc(N4CCNCC4)cc3)ncc12. The summed E-state index contributed by atoms with van der Waals surface area (Å²) in [6, 6.07) is 9.45. The Morgan fingerprint density at radius 2 is 1.86 bits per heavy atom. The molecule has 1 fully saturated rings. The molecule has 0 bridgehead atoms. The largest absolute Gasteiger partial charge is 0.369 e. The highest BCUT2D eigenvalue weighted by Crippen LogP contribution is 2.22. The van der Waals surface area contributed by atoms with Gasteiger partial charge in [-0.05, 0) is 42.8 Å². The second kappa shape index (κ2) is 7.30. The molecule has 1 aliphatic rings. The van der Waals surface area contributed by atoms with E-state index in [-0.39, 0.29) is 10.7 Å². The molecule has 1 saturated heterocycles. The maximum atomic E-state index is 11.6. The summed E-state index contributed by atoms with van der Waals surface area (Å²) in [5, 5.41) is 12.1. The normalized spacial score (nSPS) is 15.0. The maximum Gasteiger partial charge on any atom is 0.255 e. The molecule has 146 valence electrons. The minimum absolute atomic E-state index is 0.206. The fraction of sp³-hybridized carbons (Fsp3) is 0.278. The number of anilines is 3. The van der Waals surface area contributed by atoms with E-state index in [0.29, 0.717) is 16.9 Å². The Morgan fingerprint density at radius 1 is 1.14 bits per heavy atom. The molecule has 10 heteroatoms. The van der Waals surface area contributed by atoms with Crippen LogP contribution < -0.4 is 20.7 Å². The van der Waals surface area contributed by atoms with Crippen LogP contribution in [0.15, 0.2) is 41.6 Å². The fourth-order valence-electron chi connectivity index (χ4n) is 3.15. The molecule has 0 atom stereocenters. The van der Waals surface area contributed by atoms with E-state index in [4.69, 9.17) is 5.14 Å². The summed E-state index contributed by atoms with van der Waals surface area (Å²) < 4.78 is 23.2. The van der Waals surface area contributed by atoms with Crippen molar-refractivity contribution in [3.8, 4) is 0 Å². The van der Waals surface area contributed by atoms with Gasteiger partial charge in [0.25, 0.3) is 10.0 Å². The predicted octanol–water partition coefficient (Wildman–Crippen LogP) is 1.13. The van der Waals surface area contributed by atoms with Crippen molar-refractivity contribution in [2.45, 2.75) is 11.9 Å². The molecule has 0 saturated carbocycles. The van der Waals surface area contributed by atoms with Crippen LogP contribution in [0.4, 0.5) is 17.3 Å². The molecule has 9 nitrogen and oxygen atoms in total. The van der Waals surface area contributed by atoms with Crippen LogP contribution in [0.2, 0.25) is 0 Å². The summed E-state index contributed by atoms with van der Waals surface area (Å²) in [6.07, 6.45) is 1.62. The lowest BCUT2D eigenvalue weighted by Crippen LogP contribution is -2.43. The van der Waals surface area contributed by atoms with Gasteiger partial charge >= 0.3 is 0 Å². The lowest BCUT2D eigenvalue weighted by atomic mass is 10.2. The third-order valence-electron chi connectivity index (χ3n) is 4.65. The molecular formula is C18H21N7O2S. The molecular weight excluding hydrogens is 378 g/mol. The minimum atomic E-state index is -3.91. The Morgan fingerprint density at radius 3 is 2.54 bits per heavy atom. The fourth-order valence-corrected chi connectivity index (χ4v) is 3.70. The van der Waals surface area contributed by atoms with Crippen LogP contribution in [0.25, 0.3) is 11.0 Å². The molecule has 3 aromatic rings. The first kappa shape index (κ1) is 18.5. The van der Waals surface area contributed by atoms with Crippen LogP contribution in [0.5, 0.6) is 0 Å². The summed E-state index contributed by atoms with van der Waals surface area (Å²) in [5.74, 6) is 0.334. The van der Waals surface area contributed by atoms with Crippen molar-refractivity contribution in [3.63, 3.8) is 0 Å². The zero-order valence-electron chi connectivity index (χ0n) is 15.4. The monoisotopic (exact) mass is 399 g/mol. The first-order valence-electron chi connectivity index (χ1n) is 8.90. The molecule has 0 radical (unpaired) electrons. The van der Waals surface area contributed by atoms with Crippen molar-refractivity contribution in [2.24, 2.45) is 5.14 Å². The van der Waals surface area contributed by atoms with Crippen LogP contribution in [0.1, 0.15) is 5.56 Å². The van der Waals surface area contributed by atoms with Crippen molar-refractivity contribution < 1.29 is 8.42 Å². The van der Waals surface area contributed by atoms with Gasteiger partial charge in [-0.1, -0.05) is 0 Å². The first-order valence-corrected chi connectivity index (χ1v) is 10.4. The van der Waals surface area contributed by atoms with Crippen LogP contribution in [0.3, 0.4) is 0 Å². The number of aryl methyl sites for hydroxylation is 1. The Kier molecular flexibility index (Phi) is 4.84. The summed E-state index contributed by atoms with van der Waals surface area (Å²) >= 11 is 0. The highest BCUT2D eigenvalue weighted by atomic mass is 32.2. The number of nitrogens with one attached hydrogen (secondary N) is 2. The predicted molar refractivity (Wildman–Crippen MR) is 108 cm³/mol.